The first-order valence-electron chi connectivity index (χ1n) is 10.4. The van der Waals surface area contributed by atoms with Crippen molar-refractivity contribution < 1.29 is 9.47 Å². The Morgan fingerprint density at radius 2 is 2.13 bits per heavy atom. The molecule has 1 saturated heterocycles. The maximum absolute atomic E-state index is 9.18. The van der Waals surface area contributed by atoms with E-state index in [0.29, 0.717) is 6.61 Å². The average Bonchev–Trinajstić information content (AvgIpc) is 3.21. The van der Waals surface area contributed by atoms with E-state index in [1.54, 1.807) is 6.20 Å². The van der Waals surface area contributed by atoms with Crippen molar-refractivity contribution in [3.05, 3.63) is 54.6 Å². The highest BCUT2D eigenvalue weighted by molar-refractivity contribution is 5.88. The molecule has 30 heavy (non-hydrogen) atoms. The lowest BCUT2D eigenvalue weighted by Crippen LogP contribution is -2.44. The molecule has 3 heterocycles. The quantitative estimate of drug-likeness (QED) is 0.630. The number of nitriles is 1. The number of nitrogens with zero attached hydrogens (tertiary/aromatic N) is 4. The van der Waals surface area contributed by atoms with Gasteiger partial charge in [0, 0.05) is 23.4 Å². The molecule has 1 unspecified atom stereocenters. The predicted octanol–water partition coefficient (Wildman–Crippen LogP) is 4.52. The molecule has 1 aliphatic heterocycles. The molecule has 1 aliphatic carbocycles. The maximum atomic E-state index is 9.18. The van der Waals surface area contributed by atoms with Crippen LogP contribution < -0.4 is 4.74 Å². The van der Waals surface area contributed by atoms with E-state index in [-0.39, 0.29) is 11.3 Å². The van der Waals surface area contributed by atoms with Gasteiger partial charge >= 0.3 is 0 Å². The monoisotopic (exact) mass is 400 g/mol. The molecule has 2 aromatic heterocycles. The number of hydrogen-bond acceptors (Lipinski definition) is 5. The number of fused-ring (bicyclic) bond motifs is 1. The van der Waals surface area contributed by atoms with E-state index < -0.39 is 0 Å². The summed E-state index contributed by atoms with van der Waals surface area (Å²) in [5.74, 6) is 0.971. The molecule has 1 fully saturated rings. The molecule has 152 valence electrons. The standard InChI is InChI=1S/C24H24N4O2/c1-24(14-29-15-24)16-30-20-8-6-18(7-9-20)21-13-27-28-11-10-26-22(23(21)28)19-4-2-17(12-25)3-5-19/h4,6-11,13,17H,2-3,5,14-16H2,1H3. The molecule has 0 radical (unpaired) electrons. The van der Waals surface area contributed by atoms with Gasteiger partial charge in [-0.25, -0.2) is 4.52 Å². The molecule has 6 nitrogen and oxygen atoms in total. The Hall–Kier alpha value is -3.17. The van der Waals surface area contributed by atoms with Crippen LogP contribution in [0.5, 0.6) is 5.75 Å². The number of hydrogen-bond donors (Lipinski definition) is 0. The van der Waals surface area contributed by atoms with Gasteiger partial charge in [-0.3, -0.25) is 4.98 Å². The number of benzene rings is 1. The van der Waals surface area contributed by atoms with Gasteiger partial charge in [-0.05, 0) is 42.5 Å². The van der Waals surface area contributed by atoms with Crippen molar-refractivity contribution in [2.45, 2.75) is 26.2 Å². The molecule has 0 N–H and O–H groups in total. The zero-order chi connectivity index (χ0) is 20.6. The normalized spacial score (nSPS) is 20.3. The molecule has 1 aromatic carbocycles. The number of aromatic nitrogens is 3. The number of allylic oxidation sites excluding steroid dienone is 2. The first kappa shape index (κ1) is 18.8. The smallest absolute Gasteiger partial charge is 0.119 e. The summed E-state index contributed by atoms with van der Waals surface area (Å²) in [6.07, 6.45) is 10.3. The molecule has 0 bridgehead atoms. The molecular formula is C24H24N4O2. The minimum atomic E-state index is 0.110. The summed E-state index contributed by atoms with van der Waals surface area (Å²) >= 11 is 0. The van der Waals surface area contributed by atoms with Crippen LogP contribution in [-0.2, 0) is 4.74 Å². The summed E-state index contributed by atoms with van der Waals surface area (Å²) in [5, 5.41) is 13.7. The van der Waals surface area contributed by atoms with Gasteiger partial charge in [0.2, 0.25) is 0 Å². The Morgan fingerprint density at radius 3 is 2.80 bits per heavy atom. The molecule has 2 aliphatic rings. The van der Waals surface area contributed by atoms with Crippen molar-refractivity contribution in [1.82, 2.24) is 14.6 Å². The maximum Gasteiger partial charge on any atom is 0.119 e. The van der Waals surface area contributed by atoms with Crippen LogP contribution in [0.3, 0.4) is 0 Å². The molecule has 0 spiro atoms. The van der Waals surface area contributed by atoms with Crippen molar-refractivity contribution >= 4 is 11.1 Å². The minimum Gasteiger partial charge on any atom is -0.493 e. The van der Waals surface area contributed by atoms with Crippen molar-refractivity contribution in [2.24, 2.45) is 11.3 Å². The molecular weight excluding hydrogens is 376 g/mol. The first-order valence-corrected chi connectivity index (χ1v) is 10.4. The van der Waals surface area contributed by atoms with E-state index in [0.717, 1.165) is 60.6 Å². The highest BCUT2D eigenvalue weighted by Gasteiger charge is 2.34. The highest BCUT2D eigenvalue weighted by atomic mass is 16.5. The lowest BCUT2D eigenvalue weighted by molar-refractivity contribution is -0.120. The largest absolute Gasteiger partial charge is 0.493 e. The second kappa shape index (κ2) is 7.58. The van der Waals surface area contributed by atoms with Gasteiger partial charge in [-0.15, -0.1) is 0 Å². The Bertz CT molecular complexity index is 1140. The van der Waals surface area contributed by atoms with Crippen LogP contribution in [0.4, 0.5) is 0 Å². The van der Waals surface area contributed by atoms with Crippen molar-refractivity contribution in [3.8, 4) is 22.9 Å². The zero-order valence-electron chi connectivity index (χ0n) is 17.0. The highest BCUT2D eigenvalue weighted by Crippen LogP contribution is 2.35. The van der Waals surface area contributed by atoms with Crippen LogP contribution in [-0.4, -0.2) is 34.4 Å². The summed E-state index contributed by atoms with van der Waals surface area (Å²) in [6, 6.07) is 10.5. The third kappa shape index (κ3) is 3.46. The van der Waals surface area contributed by atoms with Gasteiger partial charge < -0.3 is 9.47 Å². The fraction of sp³-hybridized carbons (Fsp3) is 0.375. The summed E-state index contributed by atoms with van der Waals surface area (Å²) < 4.78 is 13.1. The first-order chi connectivity index (χ1) is 14.6. The zero-order valence-corrected chi connectivity index (χ0v) is 17.0. The molecule has 5 rings (SSSR count). The summed E-state index contributed by atoms with van der Waals surface area (Å²) in [7, 11) is 0. The van der Waals surface area contributed by atoms with Gasteiger partial charge in [0.25, 0.3) is 0 Å². The second-order valence-corrected chi connectivity index (χ2v) is 8.57. The second-order valence-electron chi connectivity index (χ2n) is 8.57. The lowest BCUT2D eigenvalue weighted by atomic mass is 9.88. The Labute approximate surface area is 175 Å². The number of ether oxygens (including phenoxy) is 2. The van der Waals surface area contributed by atoms with Gasteiger partial charge in [-0.1, -0.05) is 25.1 Å². The predicted molar refractivity (Wildman–Crippen MR) is 114 cm³/mol. The molecule has 0 amide bonds. The Morgan fingerprint density at radius 1 is 1.30 bits per heavy atom. The van der Waals surface area contributed by atoms with Crippen molar-refractivity contribution in [3.63, 3.8) is 0 Å². The minimum absolute atomic E-state index is 0.110. The fourth-order valence-electron chi connectivity index (χ4n) is 4.08. The topological polar surface area (TPSA) is 72.4 Å². The fourth-order valence-corrected chi connectivity index (χ4v) is 4.08. The lowest BCUT2D eigenvalue weighted by Gasteiger charge is -2.37. The van der Waals surface area contributed by atoms with E-state index in [1.807, 2.05) is 29.0 Å². The van der Waals surface area contributed by atoms with Crippen LogP contribution in [0.15, 0.2) is 48.9 Å². The van der Waals surface area contributed by atoms with Crippen LogP contribution in [0.2, 0.25) is 0 Å². The van der Waals surface area contributed by atoms with Gasteiger partial charge in [0.1, 0.15) is 5.75 Å². The van der Waals surface area contributed by atoms with E-state index in [9.17, 15) is 5.26 Å². The number of rotatable bonds is 5. The van der Waals surface area contributed by atoms with Crippen molar-refractivity contribution in [1.29, 1.82) is 5.26 Å². The van der Waals surface area contributed by atoms with E-state index in [2.05, 4.69) is 41.3 Å². The van der Waals surface area contributed by atoms with Crippen LogP contribution in [0.25, 0.3) is 22.2 Å². The Kier molecular flexibility index (Phi) is 4.76. The molecule has 3 aromatic rings. The van der Waals surface area contributed by atoms with Gasteiger partial charge in [0.05, 0.1) is 49.2 Å². The SMILES string of the molecule is CC1(COc2ccc(-c3cnn4ccnc(C5=CCC(C#N)CC5)c34)cc2)COC1. The Balaban J connectivity index is 1.43. The summed E-state index contributed by atoms with van der Waals surface area (Å²) in [6.45, 7) is 4.36. The van der Waals surface area contributed by atoms with E-state index in [4.69, 9.17) is 9.47 Å². The summed E-state index contributed by atoms with van der Waals surface area (Å²) in [4.78, 5) is 4.68. The van der Waals surface area contributed by atoms with Crippen LogP contribution in [0, 0.1) is 22.7 Å². The van der Waals surface area contributed by atoms with E-state index >= 15 is 0 Å². The third-order valence-corrected chi connectivity index (χ3v) is 5.98. The van der Waals surface area contributed by atoms with Crippen LogP contribution in [0.1, 0.15) is 31.9 Å². The van der Waals surface area contributed by atoms with E-state index in [1.165, 1.54) is 5.57 Å². The van der Waals surface area contributed by atoms with Crippen LogP contribution >= 0.6 is 0 Å². The third-order valence-electron chi connectivity index (χ3n) is 5.98. The molecule has 0 saturated carbocycles. The average molecular weight is 400 g/mol. The summed E-state index contributed by atoms with van der Waals surface area (Å²) in [5.41, 5.74) is 5.42. The van der Waals surface area contributed by atoms with Gasteiger partial charge in [0.15, 0.2) is 0 Å². The molecule has 1 atom stereocenters. The van der Waals surface area contributed by atoms with Gasteiger partial charge in [-0.2, -0.15) is 10.4 Å². The van der Waals surface area contributed by atoms with Crippen molar-refractivity contribution in [2.75, 3.05) is 19.8 Å². The molecule has 6 heteroatoms.